The van der Waals surface area contributed by atoms with Gasteiger partial charge in [-0.1, -0.05) is 72.6 Å². The summed E-state index contributed by atoms with van der Waals surface area (Å²) in [4.78, 5) is 11.6. The van der Waals surface area contributed by atoms with Gasteiger partial charge in [-0.15, -0.1) is 0 Å². The minimum Gasteiger partial charge on any atom is -0.258 e. The van der Waals surface area contributed by atoms with Crippen LogP contribution in [0.25, 0.3) is 0 Å². The first-order chi connectivity index (χ1) is 10.3. The van der Waals surface area contributed by atoms with Crippen molar-refractivity contribution in [2.24, 2.45) is 5.41 Å². The first-order valence-electron chi connectivity index (χ1n) is 8.53. The smallest absolute Gasteiger partial charge is 0.258 e. The fourth-order valence-electron chi connectivity index (χ4n) is 3.03. The van der Waals surface area contributed by atoms with Crippen LogP contribution in [0.5, 0.6) is 0 Å². The van der Waals surface area contributed by atoms with Gasteiger partial charge in [-0.25, -0.2) is 0 Å². The Labute approximate surface area is 135 Å². The van der Waals surface area contributed by atoms with Crippen molar-refractivity contribution >= 4 is 5.69 Å². The Morgan fingerprint density at radius 2 is 1.55 bits per heavy atom. The van der Waals surface area contributed by atoms with Gasteiger partial charge in [0.05, 0.1) is 4.92 Å². The van der Waals surface area contributed by atoms with Crippen LogP contribution in [0.15, 0.2) is 18.2 Å². The minimum atomic E-state index is -0.167. The lowest BCUT2D eigenvalue weighted by Gasteiger charge is -2.30. The summed E-state index contributed by atoms with van der Waals surface area (Å²) in [6.45, 7) is 12.9. The molecule has 124 valence electrons. The lowest BCUT2D eigenvalue weighted by Crippen LogP contribution is -2.23. The number of rotatable bonds is 8. The number of nitro benzene ring substituents is 1. The van der Waals surface area contributed by atoms with E-state index in [-0.39, 0.29) is 15.8 Å². The first-order valence-corrected chi connectivity index (χ1v) is 8.53. The number of nitro groups is 1. The van der Waals surface area contributed by atoms with E-state index in [1.54, 1.807) is 0 Å². The zero-order chi connectivity index (χ0) is 17.0. The summed E-state index contributed by atoms with van der Waals surface area (Å²) in [5, 5.41) is 11.8. The second-order valence-corrected chi connectivity index (χ2v) is 7.03. The summed E-state index contributed by atoms with van der Waals surface area (Å²) in [6, 6.07) is 5.88. The van der Waals surface area contributed by atoms with E-state index < -0.39 is 0 Å². The summed E-state index contributed by atoms with van der Waals surface area (Å²) < 4.78 is 0. The third-order valence-electron chi connectivity index (χ3n) is 5.84. The molecule has 0 spiro atoms. The van der Waals surface area contributed by atoms with E-state index in [1.165, 1.54) is 0 Å². The molecule has 0 atom stereocenters. The summed E-state index contributed by atoms with van der Waals surface area (Å²) in [7, 11) is 0. The van der Waals surface area contributed by atoms with Gasteiger partial charge in [-0.3, -0.25) is 10.1 Å². The Morgan fingerprint density at radius 3 is 1.95 bits per heavy atom. The van der Waals surface area contributed by atoms with Crippen LogP contribution >= 0.6 is 0 Å². The topological polar surface area (TPSA) is 43.1 Å². The van der Waals surface area contributed by atoms with Crippen LogP contribution in [-0.2, 0) is 11.8 Å². The molecule has 0 saturated carbocycles. The summed E-state index contributed by atoms with van der Waals surface area (Å²) in [5.41, 5.74) is 2.13. The van der Waals surface area contributed by atoms with Crippen molar-refractivity contribution in [3.8, 4) is 0 Å². The van der Waals surface area contributed by atoms with Gasteiger partial charge < -0.3 is 0 Å². The van der Waals surface area contributed by atoms with Gasteiger partial charge in [0.2, 0.25) is 0 Å². The van der Waals surface area contributed by atoms with Gasteiger partial charge in [-0.05, 0) is 30.1 Å². The number of benzene rings is 1. The van der Waals surface area contributed by atoms with Crippen molar-refractivity contribution in [1.82, 2.24) is 0 Å². The van der Waals surface area contributed by atoms with Gasteiger partial charge in [-0.2, -0.15) is 0 Å². The van der Waals surface area contributed by atoms with Crippen molar-refractivity contribution in [3.63, 3.8) is 0 Å². The molecule has 0 heterocycles. The Kier molecular flexibility index (Phi) is 6.16. The van der Waals surface area contributed by atoms with Gasteiger partial charge >= 0.3 is 0 Å². The zero-order valence-corrected chi connectivity index (χ0v) is 15.0. The molecular formula is C19H31NO2. The SMILES string of the molecule is CCC(C)(CC)Cc1cccc(C(C)(CC)CC)c1[N+](=O)[O-]. The van der Waals surface area contributed by atoms with Crippen LogP contribution in [0.4, 0.5) is 5.69 Å². The fourth-order valence-corrected chi connectivity index (χ4v) is 3.03. The molecule has 0 saturated heterocycles. The normalized spacial score (nSPS) is 12.5. The Bertz CT molecular complexity index is 514. The molecule has 0 aliphatic carbocycles. The van der Waals surface area contributed by atoms with Crippen LogP contribution in [-0.4, -0.2) is 4.92 Å². The Morgan fingerprint density at radius 1 is 1.00 bits per heavy atom. The number of nitrogens with zero attached hydrogens (tertiary/aromatic N) is 1. The molecule has 0 fully saturated rings. The predicted octanol–water partition coefficient (Wildman–Crippen LogP) is 6.04. The van der Waals surface area contributed by atoms with Gasteiger partial charge in [0.25, 0.3) is 5.69 Å². The highest BCUT2D eigenvalue weighted by molar-refractivity contribution is 5.51. The van der Waals surface area contributed by atoms with Crippen molar-refractivity contribution in [2.45, 2.75) is 79.1 Å². The molecule has 1 aromatic rings. The van der Waals surface area contributed by atoms with Crippen molar-refractivity contribution in [1.29, 1.82) is 0 Å². The fraction of sp³-hybridized carbons (Fsp3) is 0.684. The molecular weight excluding hydrogens is 274 g/mol. The summed E-state index contributed by atoms with van der Waals surface area (Å²) >= 11 is 0. The number of hydrogen-bond acceptors (Lipinski definition) is 2. The van der Waals surface area contributed by atoms with E-state index in [9.17, 15) is 10.1 Å². The molecule has 0 bridgehead atoms. The second kappa shape index (κ2) is 7.26. The van der Waals surface area contributed by atoms with Crippen molar-refractivity contribution in [2.75, 3.05) is 0 Å². The van der Waals surface area contributed by atoms with E-state index in [0.717, 1.165) is 43.2 Å². The zero-order valence-electron chi connectivity index (χ0n) is 15.0. The van der Waals surface area contributed by atoms with Crippen LogP contribution < -0.4 is 0 Å². The number of hydrogen-bond donors (Lipinski definition) is 0. The van der Waals surface area contributed by atoms with Crippen LogP contribution in [0.2, 0.25) is 0 Å². The van der Waals surface area contributed by atoms with Gasteiger partial charge in [0, 0.05) is 11.1 Å². The van der Waals surface area contributed by atoms with Crippen LogP contribution in [0.1, 0.15) is 78.4 Å². The maximum absolute atomic E-state index is 11.8. The first kappa shape index (κ1) is 18.7. The third kappa shape index (κ3) is 3.68. The monoisotopic (exact) mass is 305 g/mol. The van der Waals surface area contributed by atoms with Crippen LogP contribution in [0.3, 0.4) is 0 Å². The van der Waals surface area contributed by atoms with E-state index in [0.29, 0.717) is 5.69 Å². The van der Waals surface area contributed by atoms with E-state index >= 15 is 0 Å². The number of para-hydroxylation sites is 1. The molecule has 0 aliphatic heterocycles. The Hall–Kier alpha value is -1.38. The molecule has 0 aromatic heterocycles. The van der Waals surface area contributed by atoms with Crippen molar-refractivity contribution in [3.05, 3.63) is 39.4 Å². The largest absolute Gasteiger partial charge is 0.276 e. The van der Waals surface area contributed by atoms with Gasteiger partial charge in [0.1, 0.15) is 0 Å². The molecule has 3 heteroatoms. The Balaban J connectivity index is 3.46. The lowest BCUT2D eigenvalue weighted by atomic mass is 9.74. The predicted molar refractivity (Wildman–Crippen MR) is 93.4 cm³/mol. The third-order valence-corrected chi connectivity index (χ3v) is 5.84. The van der Waals surface area contributed by atoms with Gasteiger partial charge in [0.15, 0.2) is 0 Å². The second-order valence-electron chi connectivity index (χ2n) is 7.03. The quantitative estimate of drug-likeness (QED) is 0.434. The highest BCUT2D eigenvalue weighted by Gasteiger charge is 2.34. The molecule has 22 heavy (non-hydrogen) atoms. The van der Waals surface area contributed by atoms with Crippen LogP contribution in [0, 0.1) is 15.5 Å². The summed E-state index contributed by atoms with van der Waals surface area (Å²) in [5.74, 6) is 0. The lowest BCUT2D eigenvalue weighted by molar-refractivity contribution is -0.386. The summed E-state index contributed by atoms with van der Waals surface area (Å²) in [6.07, 6.45) is 4.65. The van der Waals surface area contributed by atoms with E-state index in [4.69, 9.17) is 0 Å². The molecule has 0 amide bonds. The molecule has 0 aliphatic rings. The van der Waals surface area contributed by atoms with Crippen molar-refractivity contribution < 1.29 is 4.92 Å². The average Bonchev–Trinajstić information content (AvgIpc) is 2.53. The average molecular weight is 305 g/mol. The molecule has 1 rings (SSSR count). The molecule has 3 nitrogen and oxygen atoms in total. The van der Waals surface area contributed by atoms with E-state index in [2.05, 4.69) is 41.5 Å². The molecule has 0 radical (unpaired) electrons. The standard InChI is InChI=1S/C19H31NO2/c1-7-18(5,8-2)14-15-12-11-13-16(17(15)20(21)22)19(6,9-3)10-4/h11-13H,7-10,14H2,1-6H3. The maximum atomic E-state index is 11.8. The highest BCUT2D eigenvalue weighted by Crippen LogP contribution is 2.41. The molecule has 0 unspecified atom stereocenters. The molecule has 0 N–H and O–H groups in total. The molecule has 1 aromatic carbocycles. The maximum Gasteiger partial charge on any atom is 0.276 e. The van der Waals surface area contributed by atoms with E-state index in [1.807, 2.05) is 18.2 Å². The highest BCUT2D eigenvalue weighted by atomic mass is 16.6. The minimum absolute atomic E-state index is 0.123.